The first-order valence-electron chi connectivity index (χ1n) is 5.03. The topological polar surface area (TPSA) is 78.6 Å². The van der Waals surface area contributed by atoms with Crippen LogP contribution in [0.25, 0.3) is 0 Å². The van der Waals surface area contributed by atoms with Crippen molar-refractivity contribution in [3.63, 3.8) is 0 Å². The van der Waals surface area contributed by atoms with Gasteiger partial charge in [0, 0.05) is 13.1 Å². The molecule has 0 saturated carbocycles. The highest BCUT2D eigenvalue weighted by atomic mass is 19.4. The van der Waals surface area contributed by atoms with Crippen molar-refractivity contribution in [3.8, 4) is 0 Å². The van der Waals surface area contributed by atoms with Crippen molar-refractivity contribution < 1.29 is 23.1 Å². The smallest absolute Gasteiger partial charge is 0.395 e. The Balaban J connectivity index is 4.58. The van der Waals surface area contributed by atoms with E-state index in [1.807, 2.05) is 5.43 Å². The van der Waals surface area contributed by atoms with E-state index >= 15 is 0 Å². The van der Waals surface area contributed by atoms with Gasteiger partial charge in [-0.15, -0.1) is 0 Å². The summed E-state index contributed by atoms with van der Waals surface area (Å²) in [5, 5.41) is 8.69. The molecule has 0 rings (SSSR count). The van der Waals surface area contributed by atoms with E-state index in [9.17, 15) is 18.0 Å². The molecule has 1 amide bonds. The molecule has 0 aromatic carbocycles. The number of nitrogens with two attached hydrogens (primary N) is 1. The molecule has 4 N–H and O–H groups in total. The van der Waals surface area contributed by atoms with E-state index < -0.39 is 30.7 Å². The lowest BCUT2D eigenvalue weighted by Gasteiger charge is -2.31. The number of nitrogens with one attached hydrogen (secondary N) is 1. The second-order valence-corrected chi connectivity index (χ2v) is 4.41. The maximum Gasteiger partial charge on any atom is 0.401 e. The van der Waals surface area contributed by atoms with Crippen molar-refractivity contribution in [2.75, 3.05) is 26.2 Å². The minimum atomic E-state index is -4.37. The highest BCUT2D eigenvalue weighted by molar-refractivity contribution is 5.81. The zero-order chi connectivity index (χ0) is 13.7. The van der Waals surface area contributed by atoms with Crippen molar-refractivity contribution in [3.05, 3.63) is 0 Å². The van der Waals surface area contributed by atoms with Gasteiger partial charge in [-0.25, -0.2) is 5.84 Å². The Kier molecular flexibility index (Phi) is 5.86. The van der Waals surface area contributed by atoms with Gasteiger partial charge in [0.2, 0.25) is 5.91 Å². The fourth-order valence-corrected chi connectivity index (χ4v) is 1.44. The summed E-state index contributed by atoms with van der Waals surface area (Å²) >= 11 is 0. The van der Waals surface area contributed by atoms with E-state index in [0.717, 1.165) is 4.90 Å². The van der Waals surface area contributed by atoms with Gasteiger partial charge in [-0.05, 0) is 13.8 Å². The predicted octanol–water partition coefficient (Wildman–Crippen LogP) is -0.141. The largest absolute Gasteiger partial charge is 0.401 e. The number of aliphatic hydroxyl groups is 1. The summed E-state index contributed by atoms with van der Waals surface area (Å²) in [7, 11) is 0. The zero-order valence-electron chi connectivity index (χ0n) is 9.84. The normalized spacial score (nSPS) is 12.9. The Morgan fingerprint density at radius 1 is 1.35 bits per heavy atom. The Bertz CT molecular complexity index is 256. The van der Waals surface area contributed by atoms with Crippen LogP contribution in [0.1, 0.15) is 13.8 Å². The predicted molar refractivity (Wildman–Crippen MR) is 55.7 cm³/mol. The molecule has 0 heterocycles. The minimum Gasteiger partial charge on any atom is -0.395 e. The lowest BCUT2D eigenvalue weighted by Crippen LogP contribution is -2.49. The molecule has 0 spiro atoms. The van der Waals surface area contributed by atoms with Gasteiger partial charge in [-0.3, -0.25) is 15.1 Å². The Hall–Kier alpha value is -0.860. The average molecular weight is 257 g/mol. The number of hydrazine groups is 1. The summed E-state index contributed by atoms with van der Waals surface area (Å²) < 4.78 is 36.7. The highest BCUT2D eigenvalue weighted by Crippen LogP contribution is 2.21. The molecule has 0 atom stereocenters. The van der Waals surface area contributed by atoms with Crippen LogP contribution in [0.5, 0.6) is 0 Å². The lowest BCUT2D eigenvalue weighted by molar-refractivity contribution is -0.152. The third-order valence-corrected chi connectivity index (χ3v) is 2.18. The molecule has 0 radical (unpaired) electrons. The fraction of sp³-hybridized carbons (Fsp3) is 0.889. The minimum absolute atomic E-state index is 0.143. The van der Waals surface area contributed by atoms with E-state index in [1.165, 1.54) is 13.8 Å². The first kappa shape index (κ1) is 16.1. The molecule has 0 unspecified atom stereocenters. The van der Waals surface area contributed by atoms with Gasteiger partial charge in [0.15, 0.2) is 0 Å². The molecular formula is C9H18F3N3O2. The highest BCUT2D eigenvalue weighted by Gasteiger charge is 2.35. The van der Waals surface area contributed by atoms with Gasteiger partial charge >= 0.3 is 6.18 Å². The van der Waals surface area contributed by atoms with Crippen LogP contribution in [-0.4, -0.2) is 48.3 Å². The molecule has 102 valence electrons. The van der Waals surface area contributed by atoms with Crippen molar-refractivity contribution >= 4 is 5.91 Å². The van der Waals surface area contributed by atoms with Crippen molar-refractivity contribution in [2.24, 2.45) is 11.3 Å². The fourth-order valence-electron chi connectivity index (χ4n) is 1.44. The molecule has 17 heavy (non-hydrogen) atoms. The number of amides is 1. The molecule has 0 aliphatic carbocycles. The van der Waals surface area contributed by atoms with E-state index in [0.29, 0.717) is 0 Å². The van der Waals surface area contributed by atoms with Crippen LogP contribution in [0.2, 0.25) is 0 Å². The van der Waals surface area contributed by atoms with Crippen LogP contribution in [-0.2, 0) is 4.79 Å². The Labute approximate surface area is 97.7 Å². The summed E-state index contributed by atoms with van der Waals surface area (Å²) in [6.45, 7) is 1.09. The van der Waals surface area contributed by atoms with Crippen LogP contribution in [0, 0.1) is 5.41 Å². The number of nitrogens with zero attached hydrogens (tertiary/aromatic N) is 1. The second-order valence-electron chi connectivity index (χ2n) is 4.41. The maximum atomic E-state index is 12.2. The number of carbonyl (C=O) groups is 1. The van der Waals surface area contributed by atoms with Gasteiger partial charge in [0.25, 0.3) is 0 Å². The van der Waals surface area contributed by atoms with Crippen molar-refractivity contribution in [2.45, 2.75) is 20.0 Å². The lowest BCUT2D eigenvalue weighted by atomic mass is 9.92. The van der Waals surface area contributed by atoms with E-state index in [-0.39, 0.29) is 13.1 Å². The van der Waals surface area contributed by atoms with Crippen LogP contribution in [0.3, 0.4) is 0 Å². The van der Waals surface area contributed by atoms with Gasteiger partial charge in [-0.2, -0.15) is 13.2 Å². The molecule has 0 fully saturated rings. The molecule has 0 aliphatic rings. The third kappa shape index (κ3) is 6.44. The number of carbonyl (C=O) groups excluding carboxylic acids is 1. The van der Waals surface area contributed by atoms with Crippen molar-refractivity contribution in [1.29, 1.82) is 0 Å². The van der Waals surface area contributed by atoms with Crippen LogP contribution < -0.4 is 11.3 Å². The van der Waals surface area contributed by atoms with Crippen LogP contribution >= 0.6 is 0 Å². The van der Waals surface area contributed by atoms with Crippen LogP contribution in [0.4, 0.5) is 13.2 Å². The quantitative estimate of drug-likeness (QED) is 0.351. The van der Waals surface area contributed by atoms with Gasteiger partial charge in [-0.1, -0.05) is 0 Å². The molecule has 0 saturated heterocycles. The molecule has 0 bridgehead atoms. The zero-order valence-corrected chi connectivity index (χ0v) is 9.84. The number of alkyl halides is 3. The summed E-state index contributed by atoms with van der Waals surface area (Å²) in [4.78, 5) is 12.3. The van der Waals surface area contributed by atoms with Crippen molar-refractivity contribution in [1.82, 2.24) is 10.3 Å². The number of halogens is 3. The third-order valence-electron chi connectivity index (χ3n) is 2.18. The molecule has 0 aromatic heterocycles. The molecule has 5 nitrogen and oxygen atoms in total. The molecule has 8 heteroatoms. The summed E-state index contributed by atoms with van der Waals surface area (Å²) in [6.07, 6.45) is -4.37. The van der Waals surface area contributed by atoms with Gasteiger partial charge in [0.05, 0.1) is 18.6 Å². The van der Waals surface area contributed by atoms with Gasteiger partial charge in [0.1, 0.15) is 0 Å². The summed E-state index contributed by atoms with van der Waals surface area (Å²) in [5.74, 6) is 4.39. The SMILES string of the molecule is CC(C)(CN(CCO)CC(F)(F)F)C(=O)NN. The second kappa shape index (κ2) is 6.18. The Morgan fingerprint density at radius 2 is 1.88 bits per heavy atom. The average Bonchev–Trinajstić information content (AvgIpc) is 2.13. The van der Waals surface area contributed by atoms with E-state index in [2.05, 4.69) is 0 Å². The van der Waals surface area contributed by atoms with E-state index in [4.69, 9.17) is 10.9 Å². The number of aliphatic hydroxyl groups excluding tert-OH is 1. The molecule has 0 aliphatic heterocycles. The summed E-state index contributed by atoms with van der Waals surface area (Å²) in [5.41, 5.74) is 0.846. The first-order valence-corrected chi connectivity index (χ1v) is 5.03. The summed E-state index contributed by atoms with van der Waals surface area (Å²) in [6, 6.07) is 0. The molecular weight excluding hydrogens is 239 g/mol. The number of rotatable bonds is 6. The molecule has 0 aromatic rings. The van der Waals surface area contributed by atoms with Gasteiger partial charge < -0.3 is 5.11 Å². The number of hydrogen-bond acceptors (Lipinski definition) is 4. The number of hydrogen-bond donors (Lipinski definition) is 3. The maximum absolute atomic E-state index is 12.2. The Morgan fingerprint density at radius 3 is 2.24 bits per heavy atom. The van der Waals surface area contributed by atoms with E-state index in [1.54, 1.807) is 0 Å². The van der Waals surface area contributed by atoms with Crippen LogP contribution in [0.15, 0.2) is 0 Å². The monoisotopic (exact) mass is 257 g/mol. The first-order chi connectivity index (χ1) is 7.62. The standard InChI is InChI=1S/C9H18F3N3O2/c1-8(2,7(17)14-13)5-15(3-4-16)6-9(10,11)12/h16H,3-6,13H2,1-2H3,(H,14,17).